The lowest BCUT2D eigenvalue weighted by atomic mass is 10.0. The monoisotopic (exact) mass is 605 g/mol. The molecule has 1 fully saturated rings. The van der Waals surface area contributed by atoms with Crippen molar-refractivity contribution in [3.8, 4) is 11.4 Å². The number of nitrogens with zero attached hydrogens (tertiary/aromatic N) is 4. The molecule has 2 heterocycles. The average Bonchev–Trinajstić information content (AvgIpc) is 3.49. The number of aromatic nitrogens is 4. The molecule has 0 radical (unpaired) electrons. The fraction of sp³-hybridized carbons (Fsp3) is 0.300. The first-order chi connectivity index (χ1) is 20.9. The molecule has 5 rings (SSSR count). The van der Waals surface area contributed by atoms with Crippen molar-refractivity contribution in [1.29, 1.82) is 0 Å². The van der Waals surface area contributed by atoms with E-state index in [1.54, 1.807) is 47.1 Å². The van der Waals surface area contributed by atoms with Gasteiger partial charge in [-0.3, -0.25) is 9.59 Å². The van der Waals surface area contributed by atoms with Crippen LogP contribution < -0.4 is 5.32 Å². The van der Waals surface area contributed by atoms with Crippen molar-refractivity contribution in [2.75, 3.05) is 11.1 Å². The summed E-state index contributed by atoms with van der Waals surface area (Å²) in [5.41, 5.74) is 3.71. The second-order valence-electron chi connectivity index (χ2n) is 9.97. The molecular weight excluding hydrogens is 574 g/mol. The van der Waals surface area contributed by atoms with E-state index >= 15 is 0 Å². The zero-order chi connectivity index (χ0) is 30.2. The summed E-state index contributed by atoms with van der Waals surface area (Å²) < 4.78 is 14.4. The van der Waals surface area contributed by atoms with E-state index in [4.69, 9.17) is 14.6 Å². The zero-order valence-corrected chi connectivity index (χ0v) is 23.9. The van der Waals surface area contributed by atoms with Crippen LogP contribution in [0.15, 0.2) is 78.0 Å². The highest BCUT2D eigenvalue weighted by atomic mass is 32.2. The van der Waals surface area contributed by atoms with Crippen LogP contribution >= 0.6 is 11.8 Å². The Kier molecular flexibility index (Phi) is 10.00. The van der Waals surface area contributed by atoms with Gasteiger partial charge < -0.3 is 30.1 Å². The lowest BCUT2D eigenvalue weighted by Crippen LogP contribution is -2.31. The number of carboxylic acid groups (broad SMARTS) is 1. The molecule has 224 valence electrons. The van der Waals surface area contributed by atoms with Gasteiger partial charge in [-0.2, -0.15) is 4.68 Å². The number of carboxylic acids is 1. The molecule has 12 nitrogen and oxygen atoms in total. The third kappa shape index (κ3) is 8.17. The molecule has 4 aromatic rings. The molecule has 13 heteroatoms. The van der Waals surface area contributed by atoms with Crippen LogP contribution in [0.1, 0.15) is 54.8 Å². The Labute approximate surface area is 251 Å². The lowest BCUT2D eigenvalue weighted by molar-refractivity contribution is -0.245. The third-order valence-electron chi connectivity index (χ3n) is 6.79. The maximum Gasteiger partial charge on any atom is 0.303 e. The Hall–Kier alpha value is -4.30. The standard InChI is InChI=1S/C30H31N5O7S/c36-17-19-7-9-20(10-8-19)26-16-25(18-43-30-32-33-34-35(30)23-11-13-24(37)14-12-23)41-29(42-26)21-3-1-4-22(15-21)31-27(38)5-2-6-28(39)40/h1,3-4,7-15,25-26,29,36-37H,2,5-6,16-18H2,(H,31,38)(H,39,40)/t25-,26+,29+/m1/s1. The number of aliphatic hydroxyl groups excluding tert-OH is 1. The normalized spacial score (nSPS) is 18.3. The van der Waals surface area contributed by atoms with E-state index in [0.717, 1.165) is 11.1 Å². The fourth-order valence-corrected chi connectivity index (χ4v) is 5.51. The van der Waals surface area contributed by atoms with Crippen molar-refractivity contribution >= 4 is 29.3 Å². The predicted octanol–water partition coefficient (Wildman–Crippen LogP) is 4.39. The Morgan fingerprint density at radius 1 is 1.00 bits per heavy atom. The number of phenolic OH excluding ortho intramolecular Hbond substituents is 1. The van der Waals surface area contributed by atoms with E-state index in [1.165, 1.54) is 11.8 Å². The van der Waals surface area contributed by atoms with Gasteiger partial charge >= 0.3 is 5.97 Å². The number of aromatic hydroxyl groups is 1. The highest BCUT2D eigenvalue weighted by Gasteiger charge is 2.33. The molecule has 43 heavy (non-hydrogen) atoms. The largest absolute Gasteiger partial charge is 0.508 e. The smallest absolute Gasteiger partial charge is 0.303 e. The minimum absolute atomic E-state index is 0.0542. The van der Waals surface area contributed by atoms with Crippen molar-refractivity contribution in [1.82, 2.24) is 20.2 Å². The SMILES string of the molecule is O=C(O)CCCC(=O)Nc1cccc([C@H]2O[C@@H](CSc3nnnn3-c3ccc(O)cc3)C[C@@H](c3ccc(CO)cc3)O2)c1. The summed E-state index contributed by atoms with van der Waals surface area (Å²) in [5, 5.41) is 43.4. The predicted molar refractivity (Wildman–Crippen MR) is 157 cm³/mol. The number of carbonyl (C=O) groups is 2. The molecule has 1 saturated heterocycles. The molecule has 0 spiro atoms. The summed E-state index contributed by atoms with van der Waals surface area (Å²) >= 11 is 1.43. The number of thioether (sulfide) groups is 1. The first-order valence-electron chi connectivity index (χ1n) is 13.7. The Balaban J connectivity index is 1.32. The number of ether oxygens (including phenoxy) is 2. The number of amides is 1. The number of nitrogens with one attached hydrogen (secondary N) is 1. The summed E-state index contributed by atoms with van der Waals surface area (Å²) in [6.45, 7) is -0.0542. The van der Waals surface area contributed by atoms with Gasteiger partial charge in [0.1, 0.15) is 5.75 Å². The number of hydrogen-bond acceptors (Lipinski definition) is 10. The fourth-order valence-electron chi connectivity index (χ4n) is 4.60. The maximum absolute atomic E-state index is 12.3. The first-order valence-corrected chi connectivity index (χ1v) is 14.7. The summed E-state index contributed by atoms with van der Waals surface area (Å²) in [6, 6.07) is 21.4. The van der Waals surface area contributed by atoms with Crippen LogP contribution in [0.25, 0.3) is 5.69 Å². The number of aliphatic hydroxyl groups is 1. The van der Waals surface area contributed by atoms with Crippen molar-refractivity contribution in [2.45, 2.75) is 55.9 Å². The molecule has 0 aliphatic carbocycles. The molecule has 1 aromatic heterocycles. The van der Waals surface area contributed by atoms with E-state index in [0.29, 0.717) is 34.3 Å². The van der Waals surface area contributed by atoms with E-state index < -0.39 is 12.3 Å². The topological polar surface area (TPSA) is 169 Å². The number of phenols is 1. The Bertz CT molecular complexity index is 1530. The number of carbonyl (C=O) groups excluding carboxylic acids is 1. The molecule has 0 unspecified atom stereocenters. The van der Waals surface area contributed by atoms with Gasteiger partial charge in [-0.15, -0.1) is 5.10 Å². The van der Waals surface area contributed by atoms with Gasteiger partial charge in [-0.1, -0.05) is 48.2 Å². The number of aliphatic carboxylic acids is 1. The van der Waals surface area contributed by atoms with Crippen molar-refractivity contribution < 1.29 is 34.4 Å². The van der Waals surface area contributed by atoms with Crippen LogP contribution in [0.3, 0.4) is 0 Å². The highest BCUT2D eigenvalue weighted by Crippen LogP contribution is 2.40. The van der Waals surface area contributed by atoms with Gasteiger partial charge in [0.05, 0.1) is 24.5 Å². The quantitative estimate of drug-likeness (QED) is 0.169. The van der Waals surface area contributed by atoms with Crippen LogP contribution in [0.2, 0.25) is 0 Å². The van der Waals surface area contributed by atoms with Gasteiger partial charge in [0, 0.05) is 36.3 Å². The minimum Gasteiger partial charge on any atom is -0.508 e. The molecule has 1 amide bonds. The van der Waals surface area contributed by atoms with E-state index in [-0.39, 0.29) is 49.7 Å². The molecule has 3 atom stereocenters. The number of anilines is 1. The minimum atomic E-state index is -0.938. The molecule has 0 saturated carbocycles. The van der Waals surface area contributed by atoms with Crippen molar-refractivity contribution in [3.05, 3.63) is 89.5 Å². The van der Waals surface area contributed by atoms with Gasteiger partial charge in [0.2, 0.25) is 11.1 Å². The van der Waals surface area contributed by atoms with Crippen LogP contribution in [0, 0.1) is 0 Å². The van der Waals surface area contributed by atoms with Crippen LogP contribution in [0.5, 0.6) is 5.75 Å². The van der Waals surface area contributed by atoms with Crippen molar-refractivity contribution in [2.24, 2.45) is 0 Å². The summed E-state index contributed by atoms with van der Waals surface area (Å²) in [7, 11) is 0. The number of hydrogen-bond donors (Lipinski definition) is 4. The number of tetrazole rings is 1. The van der Waals surface area contributed by atoms with Crippen LogP contribution in [0.4, 0.5) is 5.69 Å². The molecule has 1 aliphatic heterocycles. The van der Waals surface area contributed by atoms with E-state index in [1.807, 2.05) is 30.3 Å². The Morgan fingerprint density at radius 2 is 1.79 bits per heavy atom. The number of rotatable bonds is 12. The molecule has 0 bridgehead atoms. The highest BCUT2D eigenvalue weighted by molar-refractivity contribution is 7.99. The molecule has 3 aromatic carbocycles. The number of benzene rings is 3. The summed E-state index contributed by atoms with van der Waals surface area (Å²) in [5.74, 6) is -0.547. The van der Waals surface area contributed by atoms with E-state index in [2.05, 4.69) is 20.8 Å². The van der Waals surface area contributed by atoms with Gasteiger partial charge in [0.15, 0.2) is 6.29 Å². The van der Waals surface area contributed by atoms with E-state index in [9.17, 15) is 19.8 Å². The zero-order valence-electron chi connectivity index (χ0n) is 23.1. The van der Waals surface area contributed by atoms with Gasteiger partial charge in [-0.05, 0) is 64.4 Å². The molecule has 1 aliphatic rings. The van der Waals surface area contributed by atoms with Gasteiger partial charge in [-0.25, -0.2) is 0 Å². The average molecular weight is 606 g/mol. The van der Waals surface area contributed by atoms with Crippen molar-refractivity contribution in [3.63, 3.8) is 0 Å². The van der Waals surface area contributed by atoms with Crippen LogP contribution in [-0.2, 0) is 25.7 Å². The molecule has 4 N–H and O–H groups in total. The summed E-state index contributed by atoms with van der Waals surface area (Å²) in [4.78, 5) is 23.1. The third-order valence-corrected chi connectivity index (χ3v) is 7.84. The summed E-state index contributed by atoms with van der Waals surface area (Å²) in [6.07, 6.45) is -0.464. The Morgan fingerprint density at radius 3 is 2.53 bits per heavy atom. The second-order valence-corrected chi connectivity index (χ2v) is 11.0. The lowest BCUT2D eigenvalue weighted by Gasteiger charge is -2.36. The first kappa shape index (κ1) is 30.2. The second kappa shape index (κ2) is 14.2. The molecular formula is C30H31N5O7S. The van der Waals surface area contributed by atoms with Gasteiger partial charge in [0.25, 0.3) is 0 Å². The maximum atomic E-state index is 12.3. The van der Waals surface area contributed by atoms with Crippen LogP contribution in [-0.4, -0.2) is 59.3 Å².